The SMILES string of the molecule is Cc1c(O)cc2c(c1O)C[C@](C)(O)[C@@H](c1ccc(O)c(O)c1)O2. The zero-order valence-electron chi connectivity index (χ0n) is 12.7. The van der Waals surface area contributed by atoms with E-state index in [1.54, 1.807) is 13.8 Å². The van der Waals surface area contributed by atoms with Crippen LogP contribution in [0.2, 0.25) is 0 Å². The van der Waals surface area contributed by atoms with Crippen LogP contribution < -0.4 is 4.74 Å². The summed E-state index contributed by atoms with van der Waals surface area (Å²) in [5.74, 6) is -0.519. The van der Waals surface area contributed by atoms with Crippen molar-refractivity contribution in [2.75, 3.05) is 0 Å². The number of phenols is 4. The summed E-state index contributed by atoms with van der Waals surface area (Å²) in [4.78, 5) is 0. The topological polar surface area (TPSA) is 110 Å². The molecule has 1 heterocycles. The van der Waals surface area contributed by atoms with Gasteiger partial charge in [0.05, 0.1) is 0 Å². The second-order valence-corrected chi connectivity index (χ2v) is 6.13. The first-order chi connectivity index (χ1) is 10.7. The van der Waals surface area contributed by atoms with Gasteiger partial charge in [-0.25, -0.2) is 0 Å². The molecule has 2 aromatic carbocycles. The maximum Gasteiger partial charge on any atom is 0.157 e. The lowest BCUT2D eigenvalue weighted by molar-refractivity contribution is -0.0630. The van der Waals surface area contributed by atoms with E-state index in [1.165, 1.54) is 24.3 Å². The van der Waals surface area contributed by atoms with Crippen LogP contribution in [0.3, 0.4) is 0 Å². The molecule has 23 heavy (non-hydrogen) atoms. The Morgan fingerprint density at radius 1 is 1.04 bits per heavy atom. The molecule has 0 fully saturated rings. The quantitative estimate of drug-likeness (QED) is 0.516. The van der Waals surface area contributed by atoms with E-state index in [2.05, 4.69) is 0 Å². The van der Waals surface area contributed by atoms with Crippen LogP contribution in [0.5, 0.6) is 28.7 Å². The van der Waals surface area contributed by atoms with E-state index in [9.17, 15) is 25.5 Å². The second-order valence-electron chi connectivity index (χ2n) is 6.13. The summed E-state index contributed by atoms with van der Waals surface area (Å²) in [5.41, 5.74) is -0.138. The third-order valence-corrected chi connectivity index (χ3v) is 4.24. The molecule has 2 atom stereocenters. The van der Waals surface area contributed by atoms with Gasteiger partial charge in [-0.3, -0.25) is 0 Å². The number of benzene rings is 2. The van der Waals surface area contributed by atoms with Gasteiger partial charge in [0.1, 0.15) is 22.8 Å². The zero-order valence-corrected chi connectivity index (χ0v) is 12.7. The molecular weight excluding hydrogens is 300 g/mol. The summed E-state index contributed by atoms with van der Waals surface area (Å²) < 4.78 is 5.78. The number of ether oxygens (including phenoxy) is 1. The highest BCUT2D eigenvalue weighted by Crippen LogP contribution is 2.48. The van der Waals surface area contributed by atoms with Crippen molar-refractivity contribution in [3.8, 4) is 28.7 Å². The minimum atomic E-state index is -1.35. The lowest BCUT2D eigenvalue weighted by Crippen LogP contribution is -2.41. The molecule has 0 saturated heterocycles. The Balaban J connectivity index is 2.09. The van der Waals surface area contributed by atoms with Crippen LogP contribution in [-0.4, -0.2) is 31.1 Å². The molecule has 0 aromatic heterocycles. The van der Waals surface area contributed by atoms with Gasteiger partial charge in [0.15, 0.2) is 17.6 Å². The summed E-state index contributed by atoms with van der Waals surface area (Å²) in [6, 6.07) is 5.55. The van der Waals surface area contributed by atoms with Crippen molar-refractivity contribution in [2.45, 2.75) is 32.0 Å². The highest BCUT2D eigenvalue weighted by molar-refractivity contribution is 5.57. The van der Waals surface area contributed by atoms with Crippen LogP contribution in [0.1, 0.15) is 29.7 Å². The fraction of sp³-hybridized carbons (Fsp3) is 0.294. The number of aromatic hydroxyl groups is 4. The van der Waals surface area contributed by atoms with E-state index < -0.39 is 11.7 Å². The van der Waals surface area contributed by atoms with Gasteiger partial charge in [0.25, 0.3) is 0 Å². The standard InChI is InChI=1S/C17H18O6/c1-8-12(19)6-14-10(15(8)21)7-17(2,22)16(23-14)9-3-4-11(18)13(20)5-9/h3-6,16,18-22H,7H2,1-2H3/t16-,17+/m1/s1. The van der Waals surface area contributed by atoms with E-state index in [1.807, 2.05) is 0 Å². The lowest BCUT2D eigenvalue weighted by Gasteiger charge is -2.39. The average Bonchev–Trinajstić information content (AvgIpc) is 2.48. The van der Waals surface area contributed by atoms with Crippen molar-refractivity contribution in [3.63, 3.8) is 0 Å². The van der Waals surface area contributed by atoms with Crippen LogP contribution >= 0.6 is 0 Å². The Kier molecular flexibility index (Phi) is 3.30. The first-order valence-electron chi connectivity index (χ1n) is 7.16. The average molecular weight is 318 g/mol. The van der Waals surface area contributed by atoms with Gasteiger partial charge >= 0.3 is 0 Å². The molecule has 0 radical (unpaired) electrons. The summed E-state index contributed by atoms with van der Waals surface area (Å²) in [5, 5.41) is 49.8. The zero-order chi connectivity index (χ0) is 16.9. The van der Waals surface area contributed by atoms with Crippen molar-refractivity contribution < 1.29 is 30.3 Å². The van der Waals surface area contributed by atoms with Gasteiger partial charge in [0.2, 0.25) is 0 Å². The van der Waals surface area contributed by atoms with E-state index >= 15 is 0 Å². The van der Waals surface area contributed by atoms with Crippen molar-refractivity contribution in [3.05, 3.63) is 41.0 Å². The van der Waals surface area contributed by atoms with Crippen molar-refractivity contribution in [1.82, 2.24) is 0 Å². The minimum absolute atomic E-state index is 0.102. The van der Waals surface area contributed by atoms with Crippen LogP contribution in [-0.2, 0) is 6.42 Å². The van der Waals surface area contributed by atoms with E-state index in [-0.39, 0.29) is 35.2 Å². The number of rotatable bonds is 1. The van der Waals surface area contributed by atoms with Gasteiger partial charge in [-0.2, -0.15) is 0 Å². The molecule has 0 amide bonds. The van der Waals surface area contributed by atoms with E-state index in [0.29, 0.717) is 16.7 Å². The van der Waals surface area contributed by atoms with Gasteiger partial charge in [0, 0.05) is 23.6 Å². The van der Waals surface area contributed by atoms with Gasteiger partial charge in [-0.05, 0) is 31.5 Å². The molecule has 1 aliphatic heterocycles. The van der Waals surface area contributed by atoms with Crippen molar-refractivity contribution in [1.29, 1.82) is 0 Å². The molecule has 0 spiro atoms. The molecule has 122 valence electrons. The molecule has 2 aromatic rings. The predicted molar refractivity (Wildman–Crippen MR) is 82.0 cm³/mol. The number of aliphatic hydroxyl groups is 1. The first-order valence-corrected chi connectivity index (χ1v) is 7.16. The Labute approximate surface area is 132 Å². The van der Waals surface area contributed by atoms with Gasteiger partial charge in [-0.1, -0.05) is 6.07 Å². The maximum atomic E-state index is 10.7. The maximum absolute atomic E-state index is 10.7. The molecule has 0 bridgehead atoms. The monoisotopic (exact) mass is 318 g/mol. The normalized spacial score (nSPS) is 23.2. The van der Waals surface area contributed by atoms with E-state index in [4.69, 9.17) is 4.74 Å². The van der Waals surface area contributed by atoms with Crippen LogP contribution in [0, 0.1) is 6.92 Å². The molecular formula is C17H18O6. The van der Waals surface area contributed by atoms with E-state index in [0.717, 1.165) is 0 Å². The third kappa shape index (κ3) is 2.41. The Hall–Kier alpha value is -2.60. The molecule has 0 saturated carbocycles. The summed E-state index contributed by atoms with van der Waals surface area (Å²) in [7, 11) is 0. The molecule has 6 nitrogen and oxygen atoms in total. The predicted octanol–water partition coefficient (Wildman–Crippen LogP) is 2.24. The largest absolute Gasteiger partial charge is 0.507 e. The summed E-state index contributed by atoms with van der Waals surface area (Å²) in [6.45, 7) is 3.13. The lowest BCUT2D eigenvalue weighted by atomic mass is 9.83. The summed E-state index contributed by atoms with van der Waals surface area (Å²) >= 11 is 0. The Morgan fingerprint density at radius 3 is 2.39 bits per heavy atom. The second kappa shape index (κ2) is 4.96. The van der Waals surface area contributed by atoms with Crippen molar-refractivity contribution in [2.24, 2.45) is 0 Å². The fourth-order valence-electron chi connectivity index (χ4n) is 2.90. The third-order valence-electron chi connectivity index (χ3n) is 4.24. The number of fused-ring (bicyclic) bond motifs is 1. The van der Waals surface area contributed by atoms with Gasteiger partial charge < -0.3 is 30.3 Å². The highest BCUT2D eigenvalue weighted by Gasteiger charge is 2.42. The van der Waals surface area contributed by atoms with Crippen LogP contribution in [0.4, 0.5) is 0 Å². The molecule has 1 aliphatic rings. The summed E-state index contributed by atoms with van der Waals surface area (Å²) in [6.07, 6.45) is -0.718. The molecule has 0 aliphatic carbocycles. The van der Waals surface area contributed by atoms with Crippen LogP contribution in [0.15, 0.2) is 24.3 Å². The molecule has 6 heteroatoms. The van der Waals surface area contributed by atoms with Gasteiger partial charge in [-0.15, -0.1) is 0 Å². The number of phenolic OH excluding ortho intramolecular Hbond substituents is 4. The van der Waals surface area contributed by atoms with Crippen molar-refractivity contribution >= 4 is 0 Å². The molecule has 5 N–H and O–H groups in total. The van der Waals surface area contributed by atoms with Crippen LogP contribution in [0.25, 0.3) is 0 Å². The number of hydrogen-bond donors (Lipinski definition) is 5. The first kappa shape index (κ1) is 15.3. The fourth-order valence-corrected chi connectivity index (χ4v) is 2.90. The molecule has 0 unspecified atom stereocenters. The highest BCUT2D eigenvalue weighted by atomic mass is 16.5. The Bertz CT molecular complexity index is 781. The smallest absolute Gasteiger partial charge is 0.157 e. The Morgan fingerprint density at radius 2 is 1.74 bits per heavy atom. The minimum Gasteiger partial charge on any atom is -0.507 e. The molecule has 3 rings (SSSR count). The number of hydrogen-bond acceptors (Lipinski definition) is 6.